The summed E-state index contributed by atoms with van der Waals surface area (Å²) in [6.45, 7) is 0.474. The Balaban J connectivity index is 2.11. The molecule has 1 saturated carbocycles. The second-order valence-corrected chi connectivity index (χ2v) is 8.44. The van der Waals surface area contributed by atoms with Gasteiger partial charge in [0.05, 0.1) is 5.41 Å². The highest BCUT2D eigenvalue weighted by Crippen LogP contribution is 2.41. The quantitative estimate of drug-likeness (QED) is 0.621. The Morgan fingerprint density at radius 2 is 1.91 bits per heavy atom. The van der Waals surface area contributed by atoms with E-state index in [1.807, 2.05) is 0 Å². The Labute approximate surface area is 137 Å². The summed E-state index contributed by atoms with van der Waals surface area (Å²) < 4.78 is 0. The lowest BCUT2D eigenvalue weighted by Gasteiger charge is -2.29. The van der Waals surface area contributed by atoms with Crippen LogP contribution in [-0.4, -0.2) is 47.0 Å². The van der Waals surface area contributed by atoms with E-state index in [-0.39, 0.29) is 11.8 Å². The fourth-order valence-corrected chi connectivity index (χ4v) is 5.11. The molecular formula is C14H22N2O4S2. The number of rotatable bonds is 1. The zero-order chi connectivity index (χ0) is 16.0. The molecule has 2 fully saturated rings. The Morgan fingerprint density at radius 1 is 1.18 bits per heavy atom. The average Bonchev–Trinajstić information content (AvgIpc) is 2.94. The van der Waals surface area contributed by atoms with Crippen LogP contribution in [0.4, 0.5) is 0 Å². The lowest BCUT2D eigenvalue weighted by molar-refractivity contribution is -0.143. The van der Waals surface area contributed by atoms with Crippen molar-refractivity contribution in [1.82, 2.24) is 10.6 Å². The van der Waals surface area contributed by atoms with Gasteiger partial charge in [-0.05, 0) is 19.3 Å². The van der Waals surface area contributed by atoms with Gasteiger partial charge >= 0.3 is 5.97 Å². The molecule has 0 aromatic rings. The molecule has 1 aliphatic heterocycles. The van der Waals surface area contributed by atoms with Crippen molar-refractivity contribution in [3.05, 3.63) is 0 Å². The molecule has 124 valence electrons. The SMILES string of the molecule is O=C1CCSSCC(C(=O)O)NC(=O)C2(CCCC2)CCN1. The van der Waals surface area contributed by atoms with Gasteiger partial charge in [-0.3, -0.25) is 9.59 Å². The summed E-state index contributed by atoms with van der Waals surface area (Å²) in [5.41, 5.74) is -0.521. The van der Waals surface area contributed by atoms with E-state index in [4.69, 9.17) is 0 Å². The molecule has 22 heavy (non-hydrogen) atoms. The minimum atomic E-state index is -1.00. The van der Waals surface area contributed by atoms with Gasteiger partial charge < -0.3 is 15.7 Å². The third-order valence-electron chi connectivity index (χ3n) is 4.30. The van der Waals surface area contributed by atoms with Crippen molar-refractivity contribution in [1.29, 1.82) is 0 Å². The van der Waals surface area contributed by atoms with Gasteiger partial charge in [-0.15, -0.1) is 0 Å². The first-order valence-electron chi connectivity index (χ1n) is 7.58. The number of aliphatic carboxylic acids is 1. The van der Waals surface area contributed by atoms with Crippen molar-refractivity contribution in [2.45, 2.75) is 44.6 Å². The van der Waals surface area contributed by atoms with E-state index in [0.29, 0.717) is 30.9 Å². The highest BCUT2D eigenvalue weighted by Gasteiger charge is 2.42. The fraction of sp³-hybridized carbons (Fsp3) is 0.786. The Kier molecular flexibility index (Phi) is 6.43. The van der Waals surface area contributed by atoms with Gasteiger partial charge in [0.2, 0.25) is 11.8 Å². The molecule has 1 atom stereocenters. The van der Waals surface area contributed by atoms with Gasteiger partial charge in [0, 0.05) is 24.5 Å². The molecule has 0 bridgehead atoms. The van der Waals surface area contributed by atoms with Crippen molar-refractivity contribution in [2.75, 3.05) is 18.1 Å². The number of carboxylic acids is 1. The second-order valence-electron chi connectivity index (χ2n) is 5.81. The largest absolute Gasteiger partial charge is 0.480 e. The number of nitrogens with one attached hydrogen (secondary N) is 2. The summed E-state index contributed by atoms with van der Waals surface area (Å²) in [4.78, 5) is 35.7. The van der Waals surface area contributed by atoms with Crippen LogP contribution in [0.25, 0.3) is 0 Å². The van der Waals surface area contributed by atoms with Gasteiger partial charge in [-0.2, -0.15) is 0 Å². The predicted molar refractivity (Wildman–Crippen MR) is 87.6 cm³/mol. The number of carbonyl (C=O) groups is 3. The minimum absolute atomic E-state index is 0.00399. The number of amides is 2. The van der Waals surface area contributed by atoms with E-state index in [2.05, 4.69) is 10.6 Å². The van der Waals surface area contributed by atoms with Crippen molar-refractivity contribution >= 4 is 39.4 Å². The molecule has 0 radical (unpaired) electrons. The van der Waals surface area contributed by atoms with E-state index < -0.39 is 17.4 Å². The van der Waals surface area contributed by atoms with E-state index in [0.717, 1.165) is 25.7 Å². The summed E-state index contributed by atoms with van der Waals surface area (Å²) in [7, 11) is 2.85. The van der Waals surface area contributed by atoms with E-state index >= 15 is 0 Å². The molecule has 1 spiro atoms. The molecule has 2 amide bonds. The van der Waals surface area contributed by atoms with Crippen LogP contribution in [0.3, 0.4) is 0 Å². The smallest absolute Gasteiger partial charge is 0.327 e. The number of hydrogen-bond donors (Lipinski definition) is 3. The van der Waals surface area contributed by atoms with Gasteiger partial charge in [-0.1, -0.05) is 34.4 Å². The number of hydrogen-bond acceptors (Lipinski definition) is 5. The molecule has 1 heterocycles. The first-order chi connectivity index (χ1) is 10.5. The molecular weight excluding hydrogens is 324 g/mol. The third kappa shape index (κ3) is 4.55. The van der Waals surface area contributed by atoms with Crippen molar-refractivity contribution in [3.63, 3.8) is 0 Å². The lowest BCUT2D eigenvalue weighted by Crippen LogP contribution is -2.49. The molecule has 2 rings (SSSR count). The van der Waals surface area contributed by atoms with Crippen LogP contribution in [0, 0.1) is 5.41 Å². The van der Waals surface area contributed by atoms with Crippen molar-refractivity contribution in [3.8, 4) is 0 Å². The lowest BCUT2D eigenvalue weighted by atomic mass is 9.81. The zero-order valence-electron chi connectivity index (χ0n) is 12.4. The summed E-state index contributed by atoms with van der Waals surface area (Å²) >= 11 is 0. The highest BCUT2D eigenvalue weighted by molar-refractivity contribution is 8.76. The molecule has 2 aliphatic rings. The first kappa shape index (κ1) is 17.5. The molecule has 0 aromatic heterocycles. The van der Waals surface area contributed by atoms with Crippen molar-refractivity contribution < 1.29 is 19.5 Å². The molecule has 1 aliphatic carbocycles. The van der Waals surface area contributed by atoms with E-state index in [1.165, 1.54) is 21.6 Å². The van der Waals surface area contributed by atoms with Crippen LogP contribution in [0.2, 0.25) is 0 Å². The maximum absolute atomic E-state index is 12.6. The minimum Gasteiger partial charge on any atom is -0.480 e. The monoisotopic (exact) mass is 346 g/mol. The number of carboxylic acid groups (broad SMARTS) is 1. The molecule has 0 aromatic carbocycles. The predicted octanol–water partition coefficient (Wildman–Crippen LogP) is 1.41. The van der Waals surface area contributed by atoms with Crippen LogP contribution in [0.1, 0.15) is 38.5 Å². The van der Waals surface area contributed by atoms with Gasteiger partial charge in [0.25, 0.3) is 0 Å². The molecule has 3 N–H and O–H groups in total. The van der Waals surface area contributed by atoms with E-state index in [1.54, 1.807) is 0 Å². The van der Waals surface area contributed by atoms with Gasteiger partial charge in [-0.25, -0.2) is 4.79 Å². The van der Waals surface area contributed by atoms with Gasteiger partial charge in [0.15, 0.2) is 0 Å². The second kappa shape index (κ2) is 8.10. The first-order valence-corrected chi connectivity index (χ1v) is 10.1. The molecule has 1 unspecified atom stereocenters. The third-order valence-corrected chi connectivity index (χ3v) is 6.72. The standard InChI is InChI=1S/C14H22N2O4S2/c17-11-3-8-21-22-9-10(12(18)19)16-13(20)14(6-7-15-11)4-1-2-5-14/h10H,1-9H2,(H,15,17)(H,16,20)(H,18,19). The maximum Gasteiger partial charge on any atom is 0.327 e. The Bertz CT molecular complexity index is 439. The summed E-state index contributed by atoms with van der Waals surface area (Å²) in [6.07, 6.45) is 4.49. The van der Waals surface area contributed by atoms with E-state index in [9.17, 15) is 19.5 Å². The highest BCUT2D eigenvalue weighted by atomic mass is 33.1. The molecule has 6 nitrogen and oxygen atoms in total. The fourth-order valence-electron chi connectivity index (χ4n) is 2.97. The van der Waals surface area contributed by atoms with Crippen LogP contribution in [-0.2, 0) is 14.4 Å². The topological polar surface area (TPSA) is 95.5 Å². The van der Waals surface area contributed by atoms with Crippen LogP contribution < -0.4 is 10.6 Å². The van der Waals surface area contributed by atoms with Gasteiger partial charge in [0.1, 0.15) is 6.04 Å². The maximum atomic E-state index is 12.6. The molecule has 1 saturated heterocycles. The van der Waals surface area contributed by atoms with Crippen molar-refractivity contribution in [2.24, 2.45) is 5.41 Å². The summed E-state index contributed by atoms with van der Waals surface area (Å²) in [5.74, 6) is -0.225. The van der Waals surface area contributed by atoms with Crippen LogP contribution >= 0.6 is 21.6 Å². The zero-order valence-corrected chi connectivity index (χ0v) is 14.1. The molecule has 8 heteroatoms. The number of carbonyl (C=O) groups excluding carboxylic acids is 2. The van der Waals surface area contributed by atoms with Crippen LogP contribution in [0.5, 0.6) is 0 Å². The summed E-state index contributed by atoms with van der Waals surface area (Å²) in [6, 6.07) is -0.869. The van der Waals surface area contributed by atoms with Crippen LogP contribution in [0.15, 0.2) is 0 Å². The summed E-state index contributed by atoms with van der Waals surface area (Å²) in [5, 5.41) is 14.9. The average molecular weight is 346 g/mol. The Hall–Kier alpha value is -0.890. The normalized spacial score (nSPS) is 27.2. The Morgan fingerprint density at radius 3 is 2.59 bits per heavy atom.